The molecule has 0 aliphatic carbocycles. The molecule has 0 atom stereocenters. The van der Waals surface area contributed by atoms with Crippen LogP contribution in [0.25, 0.3) is 10.1 Å². The van der Waals surface area contributed by atoms with Crippen LogP contribution in [0, 0.1) is 0 Å². The van der Waals surface area contributed by atoms with Gasteiger partial charge in [0.15, 0.2) is 0 Å². The Morgan fingerprint density at radius 1 is 1.10 bits per heavy atom. The van der Waals surface area contributed by atoms with Crippen LogP contribution in [0.1, 0.15) is 42.4 Å². The van der Waals surface area contributed by atoms with Crippen LogP contribution in [-0.4, -0.2) is 21.0 Å². The fourth-order valence-corrected chi connectivity index (χ4v) is 4.11. The molecule has 0 fully saturated rings. The molecule has 2 aromatic heterocycles. The van der Waals surface area contributed by atoms with Crippen LogP contribution in [0.3, 0.4) is 0 Å². The van der Waals surface area contributed by atoms with Crippen molar-refractivity contribution in [3.63, 3.8) is 0 Å². The number of hydrogen-bond acceptors (Lipinski definition) is 6. The molecule has 7 heteroatoms. The van der Waals surface area contributed by atoms with E-state index in [0.29, 0.717) is 22.9 Å². The number of aliphatic hydroxyl groups is 1. The van der Waals surface area contributed by atoms with Gasteiger partial charge in [-0.15, -0.1) is 11.3 Å². The van der Waals surface area contributed by atoms with Crippen LogP contribution in [-0.2, 0) is 12.0 Å². The van der Waals surface area contributed by atoms with Crippen molar-refractivity contribution in [2.45, 2.75) is 32.8 Å². The molecule has 0 saturated heterocycles. The SMILES string of the molecule is CC(C)(C)c1ccc(NC(=O)c2csc3cc(Oc4cc(CO)ncn4)ccc23)cc1. The van der Waals surface area contributed by atoms with Crippen molar-refractivity contribution in [2.24, 2.45) is 0 Å². The lowest BCUT2D eigenvalue weighted by Crippen LogP contribution is -2.13. The lowest BCUT2D eigenvalue weighted by Gasteiger charge is -2.19. The van der Waals surface area contributed by atoms with E-state index < -0.39 is 0 Å². The third kappa shape index (κ3) is 4.73. The molecule has 1 amide bonds. The van der Waals surface area contributed by atoms with Crippen LogP contribution in [0.2, 0.25) is 0 Å². The molecule has 2 heterocycles. The number of nitrogens with zero attached hydrogens (tertiary/aromatic N) is 2. The normalized spacial score (nSPS) is 11.5. The minimum Gasteiger partial charge on any atom is -0.439 e. The molecule has 2 aromatic carbocycles. The molecule has 0 aliphatic rings. The predicted octanol–water partition coefficient (Wildman–Crippen LogP) is 5.53. The number of fused-ring (bicyclic) bond motifs is 1. The van der Waals surface area contributed by atoms with Gasteiger partial charge in [0.1, 0.15) is 12.1 Å². The van der Waals surface area contributed by atoms with Gasteiger partial charge in [0.05, 0.1) is 17.9 Å². The monoisotopic (exact) mass is 433 g/mol. The van der Waals surface area contributed by atoms with Crippen molar-refractivity contribution < 1.29 is 14.6 Å². The summed E-state index contributed by atoms with van der Waals surface area (Å²) in [6.07, 6.45) is 1.35. The zero-order valence-corrected chi connectivity index (χ0v) is 18.4. The standard InChI is InChI=1S/C24H23N3O3S/c1-24(2,3)15-4-6-16(7-5-15)27-23(29)20-13-31-21-11-18(8-9-19(20)21)30-22-10-17(12-28)25-14-26-22/h4-11,13-14,28H,12H2,1-3H3,(H,27,29). The Morgan fingerprint density at radius 2 is 1.87 bits per heavy atom. The van der Waals surface area contributed by atoms with E-state index in [1.165, 1.54) is 23.2 Å². The van der Waals surface area contributed by atoms with Gasteiger partial charge in [0.2, 0.25) is 5.88 Å². The highest BCUT2D eigenvalue weighted by Gasteiger charge is 2.16. The molecule has 0 bridgehead atoms. The van der Waals surface area contributed by atoms with E-state index in [2.05, 4.69) is 36.1 Å². The highest BCUT2D eigenvalue weighted by atomic mass is 32.1. The van der Waals surface area contributed by atoms with Gasteiger partial charge < -0.3 is 15.2 Å². The maximum atomic E-state index is 12.8. The Kier molecular flexibility index (Phi) is 5.71. The number of aromatic nitrogens is 2. The third-order valence-electron chi connectivity index (χ3n) is 4.88. The second kappa shape index (κ2) is 8.45. The molecule has 0 radical (unpaired) electrons. The summed E-state index contributed by atoms with van der Waals surface area (Å²) in [4.78, 5) is 20.8. The largest absolute Gasteiger partial charge is 0.439 e. The van der Waals surface area contributed by atoms with Crippen molar-refractivity contribution in [1.29, 1.82) is 0 Å². The molecule has 0 saturated carbocycles. The summed E-state index contributed by atoms with van der Waals surface area (Å²) in [6.45, 7) is 6.30. The lowest BCUT2D eigenvalue weighted by atomic mass is 9.87. The van der Waals surface area contributed by atoms with Gasteiger partial charge >= 0.3 is 0 Å². The van der Waals surface area contributed by atoms with Crippen LogP contribution >= 0.6 is 11.3 Å². The van der Waals surface area contributed by atoms with E-state index in [1.54, 1.807) is 12.1 Å². The second-order valence-electron chi connectivity index (χ2n) is 8.20. The minimum absolute atomic E-state index is 0.0668. The average Bonchev–Trinajstić information content (AvgIpc) is 3.17. The molecule has 31 heavy (non-hydrogen) atoms. The summed E-state index contributed by atoms with van der Waals surface area (Å²) in [5.74, 6) is 0.806. The molecule has 2 N–H and O–H groups in total. The summed E-state index contributed by atoms with van der Waals surface area (Å²) >= 11 is 1.48. The summed E-state index contributed by atoms with van der Waals surface area (Å²) in [6, 6.07) is 15.1. The minimum atomic E-state index is -0.180. The first-order chi connectivity index (χ1) is 14.8. The molecule has 4 aromatic rings. The Bertz CT molecular complexity index is 1230. The lowest BCUT2D eigenvalue weighted by molar-refractivity contribution is 0.102. The smallest absolute Gasteiger partial charge is 0.257 e. The Hall–Kier alpha value is -3.29. The van der Waals surface area contributed by atoms with Gasteiger partial charge in [-0.3, -0.25) is 4.79 Å². The first kappa shape index (κ1) is 21.0. The van der Waals surface area contributed by atoms with Crippen LogP contribution in [0.4, 0.5) is 5.69 Å². The third-order valence-corrected chi connectivity index (χ3v) is 5.83. The zero-order chi connectivity index (χ0) is 22.0. The molecule has 158 valence electrons. The van der Waals surface area contributed by atoms with Gasteiger partial charge in [0.25, 0.3) is 5.91 Å². The number of thiophene rings is 1. The van der Waals surface area contributed by atoms with E-state index in [4.69, 9.17) is 4.74 Å². The average molecular weight is 434 g/mol. The number of hydrogen-bond donors (Lipinski definition) is 2. The molecule has 6 nitrogen and oxygen atoms in total. The van der Waals surface area contributed by atoms with E-state index in [-0.39, 0.29) is 17.9 Å². The topological polar surface area (TPSA) is 84.3 Å². The Balaban J connectivity index is 1.51. The van der Waals surface area contributed by atoms with Crippen molar-refractivity contribution in [3.8, 4) is 11.6 Å². The highest BCUT2D eigenvalue weighted by molar-refractivity contribution is 7.17. The summed E-state index contributed by atoms with van der Waals surface area (Å²) in [7, 11) is 0. The first-order valence-electron chi connectivity index (χ1n) is 9.86. The summed E-state index contributed by atoms with van der Waals surface area (Å²) in [5, 5.41) is 14.9. The zero-order valence-electron chi connectivity index (χ0n) is 17.5. The number of amides is 1. The maximum Gasteiger partial charge on any atom is 0.257 e. The molecule has 4 rings (SSSR count). The summed E-state index contributed by atoms with van der Waals surface area (Å²) in [5.41, 5.74) is 3.15. The number of nitrogens with one attached hydrogen (secondary N) is 1. The second-order valence-corrected chi connectivity index (χ2v) is 9.11. The number of carbonyl (C=O) groups is 1. The Labute approximate surface area is 184 Å². The van der Waals surface area contributed by atoms with E-state index >= 15 is 0 Å². The van der Waals surface area contributed by atoms with E-state index in [1.807, 2.05) is 41.8 Å². The number of anilines is 1. The van der Waals surface area contributed by atoms with Crippen LogP contribution in [0.5, 0.6) is 11.6 Å². The number of ether oxygens (including phenoxy) is 1. The molecule has 0 aliphatic heterocycles. The quantitative estimate of drug-likeness (QED) is 0.433. The molecular weight excluding hydrogens is 410 g/mol. The predicted molar refractivity (Wildman–Crippen MR) is 123 cm³/mol. The fourth-order valence-electron chi connectivity index (χ4n) is 3.14. The molecule has 0 spiro atoms. The number of aliphatic hydroxyl groups excluding tert-OH is 1. The van der Waals surface area contributed by atoms with Crippen LogP contribution in [0.15, 0.2) is 60.2 Å². The van der Waals surface area contributed by atoms with Gasteiger partial charge in [-0.25, -0.2) is 9.97 Å². The molecule has 0 unspecified atom stereocenters. The van der Waals surface area contributed by atoms with Crippen molar-refractivity contribution >= 4 is 33.0 Å². The van der Waals surface area contributed by atoms with Gasteiger partial charge in [-0.05, 0) is 41.3 Å². The highest BCUT2D eigenvalue weighted by Crippen LogP contribution is 2.32. The maximum absolute atomic E-state index is 12.8. The fraction of sp³-hybridized carbons (Fsp3) is 0.208. The molecular formula is C24H23N3O3S. The Morgan fingerprint density at radius 3 is 2.58 bits per heavy atom. The number of rotatable bonds is 5. The van der Waals surface area contributed by atoms with E-state index in [9.17, 15) is 9.90 Å². The van der Waals surface area contributed by atoms with Crippen molar-refractivity contribution in [1.82, 2.24) is 9.97 Å². The van der Waals surface area contributed by atoms with Gasteiger partial charge in [0, 0.05) is 27.2 Å². The first-order valence-corrected chi connectivity index (χ1v) is 10.7. The van der Waals surface area contributed by atoms with Crippen LogP contribution < -0.4 is 10.1 Å². The van der Waals surface area contributed by atoms with E-state index in [0.717, 1.165) is 15.8 Å². The number of carbonyl (C=O) groups excluding carboxylic acids is 1. The van der Waals surface area contributed by atoms with Crippen molar-refractivity contribution in [2.75, 3.05) is 5.32 Å². The number of benzene rings is 2. The van der Waals surface area contributed by atoms with Gasteiger partial charge in [-0.1, -0.05) is 32.9 Å². The summed E-state index contributed by atoms with van der Waals surface area (Å²) < 4.78 is 6.71. The van der Waals surface area contributed by atoms with Gasteiger partial charge in [-0.2, -0.15) is 0 Å². The van der Waals surface area contributed by atoms with Crippen molar-refractivity contribution in [3.05, 3.63) is 77.1 Å².